The average Bonchev–Trinajstić information content (AvgIpc) is 2.60. The van der Waals surface area contributed by atoms with Gasteiger partial charge in [-0.1, -0.05) is 25.5 Å². The molecule has 0 bridgehead atoms. The first-order valence-electron chi connectivity index (χ1n) is 8.51. The molecule has 3 rings (SSSR count). The van der Waals surface area contributed by atoms with Crippen LogP contribution in [0.2, 0.25) is 0 Å². The van der Waals surface area contributed by atoms with Crippen molar-refractivity contribution in [2.75, 3.05) is 0 Å². The third kappa shape index (κ3) is 3.43. The molecule has 0 amide bonds. The van der Waals surface area contributed by atoms with E-state index < -0.39 is 28.9 Å². The Kier molecular flexibility index (Phi) is 4.87. The Morgan fingerprint density at radius 2 is 1.56 bits per heavy atom. The molecule has 1 nitrogen and oxygen atoms in total. The Bertz CT molecular complexity index is 756. The highest BCUT2D eigenvalue weighted by atomic mass is 19.2. The van der Waals surface area contributed by atoms with Crippen LogP contribution in [0.1, 0.15) is 44.6 Å². The van der Waals surface area contributed by atoms with Gasteiger partial charge in [-0.25, -0.2) is 17.6 Å². The molecule has 0 aliphatic heterocycles. The second-order valence-electron chi connectivity index (χ2n) is 6.83. The fraction of sp³-hybridized carbons (Fsp3) is 0.400. The molecule has 2 aromatic carbocycles. The monoisotopic (exact) mass is 352 g/mol. The first kappa shape index (κ1) is 17.9. The standard InChI is InChI=1S/C20H20F4O/c1-2-12-5-7-20(25,8-6-12)14-3-4-15(16(21)11-14)13-9-17(22)19(24)18(23)10-13/h3-4,9-12,25H,2,5-8H2,1H3. The molecule has 1 N–H and O–H groups in total. The minimum absolute atomic E-state index is 0.0348. The van der Waals surface area contributed by atoms with Gasteiger partial charge in [0.25, 0.3) is 0 Å². The minimum atomic E-state index is -1.58. The lowest BCUT2D eigenvalue weighted by molar-refractivity contribution is -0.0148. The summed E-state index contributed by atoms with van der Waals surface area (Å²) in [6, 6.07) is 5.68. The highest BCUT2D eigenvalue weighted by molar-refractivity contribution is 5.65. The van der Waals surface area contributed by atoms with Crippen molar-refractivity contribution in [3.05, 3.63) is 59.2 Å². The first-order chi connectivity index (χ1) is 11.8. The van der Waals surface area contributed by atoms with E-state index >= 15 is 0 Å². The Balaban J connectivity index is 1.92. The molecule has 0 spiro atoms. The molecule has 1 aliphatic carbocycles. The normalized spacial score (nSPS) is 23.7. The molecule has 0 aromatic heterocycles. The third-order valence-corrected chi connectivity index (χ3v) is 5.31. The van der Waals surface area contributed by atoms with Crippen LogP contribution in [0, 0.1) is 29.2 Å². The van der Waals surface area contributed by atoms with Gasteiger partial charge in [0.05, 0.1) is 5.60 Å². The van der Waals surface area contributed by atoms with E-state index in [0.29, 0.717) is 24.3 Å². The van der Waals surface area contributed by atoms with Crippen molar-refractivity contribution in [3.63, 3.8) is 0 Å². The van der Waals surface area contributed by atoms with Crippen molar-refractivity contribution in [1.82, 2.24) is 0 Å². The van der Waals surface area contributed by atoms with E-state index in [1.54, 1.807) is 6.07 Å². The third-order valence-electron chi connectivity index (χ3n) is 5.31. The summed E-state index contributed by atoms with van der Waals surface area (Å²) >= 11 is 0. The van der Waals surface area contributed by atoms with E-state index in [-0.39, 0.29) is 11.1 Å². The molecule has 1 fully saturated rings. The maximum atomic E-state index is 14.5. The Morgan fingerprint density at radius 1 is 0.960 bits per heavy atom. The minimum Gasteiger partial charge on any atom is -0.385 e. The lowest BCUT2D eigenvalue weighted by Crippen LogP contribution is -2.31. The molecule has 0 heterocycles. The maximum absolute atomic E-state index is 14.5. The van der Waals surface area contributed by atoms with Crippen LogP contribution in [0.3, 0.4) is 0 Å². The Morgan fingerprint density at radius 3 is 2.08 bits per heavy atom. The summed E-state index contributed by atoms with van der Waals surface area (Å²) in [5, 5.41) is 10.8. The summed E-state index contributed by atoms with van der Waals surface area (Å²) in [7, 11) is 0. The summed E-state index contributed by atoms with van der Waals surface area (Å²) in [6.07, 6.45) is 3.94. The van der Waals surface area contributed by atoms with Crippen LogP contribution in [-0.2, 0) is 5.60 Å². The molecule has 0 radical (unpaired) electrons. The molecule has 134 valence electrons. The van der Waals surface area contributed by atoms with Gasteiger partial charge in [0.15, 0.2) is 17.5 Å². The lowest BCUT2D eigenvalue weighted by atomic mass is 9.74. The van der Waals surface area contributed by atoms with Crippen LogP contribution in [-0.4, -0.2) is 5.11 Å². The Hall–Kier alpha value is -1.88. The van der Waals surface area contributed by atoms with Crippen molar-refractivity contribution < 1.29 is 22.7 Å². The molecule has 0 unspecified atom stereocenters. The van der Waals surface area contributed by atoms with E-state index in [0.717, 1.165) is 31.4 Å². The van der Waals surface area contributed by atoms with Crippen LogP contribution in [0.4, 0.5) is 17.6 Å². The number of rotatable bonds is 3. The molecular weight excluding hydrogens is 332 g/mol. The second-order valence-corrected chi connectivity index (χ2v) is 6.83. The van der Waals surface area contributed by atoms with Gasteiger partial charge < -0.3 is 5.11 Å². The maximum Gasteiger partial charge on any atom is 0.194 e. The molecule has 5 heteroatoms. The summed E-state index contributed by atoms with van der Waals surface area (Å²) in [4.78, 5) is 0. The molecule has 1 saturated carbocycles. The highest BCUT2D eigenvalue weighted by Gasteiger charge is 2.34. The van der Waals surface area contributed by atoms with Crippen LogP contribution in [0.5, 0.6) is 0 Å². The predicted octanol–water partition coefficient (Wildman–Crippen LogP) is 5.70. The molecule has 2 aromatic rings. The van der Waals surface area contributed by atoms with E-state index in [1.807, 2.05) is 0 Å². The van der Waals surface area contributed by atoms with Crippen LogP contribution in [0.15, 0.2) is 30.3 Å². The highest BCUT2D eigenvalue weighted by Crippen LogP contribution is 2.41. The number of hydrogen-bond acceptors (Lipinski definition) is 1. The van der Waals surface area contributed by atoms with Gasteiger partial charge in [0.2, 0.25) is 0 Å². The zero-order chi connectivity index (χ0) is 18.2. The number of aliphatic hydroxyl groups is 1. The average molecular weight is 352 g/mol. The van der Waals surface area contributed by atoms with Crippen molar-refractivity contribution in [1.29, 1.82) is 0 Å². The van der Waals surface area contributed by atoms with Gasteiger partial charge in [-0.05, 0) is 60.9 Å². The van der Waals surface area contributed by atoms with E-state index in [1.165, 1.54) is 12.1 Å². The molecule has 25 heavy (non-hydrogen) atoms. The van der Waals surface area contributed by atoms with Crippen LogP contribution < -0.4 is 0 Å². The second kappa shape index (κ2) is 6.79. The zero-order valence-corrected chi connectivity index (χ0v) is 14.0. The van der Waals surface area contributed by atoms with Gasteiger partial charge >= 0.3 is 0 Å². The fourth-order valence-corrected chi connectivity index (χ4v) is 3.60. The molecular formula is C20H20F4O. The number of halogens is 4. The van der Waals surface area contributed by atoms with Crippen molar-refractivity contribution in [2.24, 2.45) is 5.92 Å². The van der Waals surface area contributed by atoms with Crippen molar-refractivity contribution in [3.8, 4) is 11.1 Å². The van der Waals surface area contributed by atoms with Gasteiger partial charge in [0, 0.05) is 5.56 Å². The van der Waals surface area contributed by atoms with E-state index in [9.17, 15) is 22.7 Å². The quantitative estimate of drug-likeness (QED) is 0.555. The number of benzene rings is 2. The fourth-order valence-electron chi connectivity index (χ4n) is 3.60. The van der Waals surface area contributed by atoms with Gasteiger partial charge in [-0.3, -0.25) is 0 Å². The van der Waals surface area contributed by atoms with E-state index in [2.05, 4.69) is 6.92 Å². The Labute approximate surface area is 144 Å². The summed E-state index contributed by atoms with van der Waals surface area (Å²) in [5.41, 5.74) is -0.731. The molecule has 0 atom stereocenters. The molecule has 0 saturated heterocycles. The number of hydrogen-bond donors (Lipinski definition) is 1. The lowest BCUT2D eigenvalue weighted by Gasteiger charge is -2.36. The predicted molar refractivity (Wildman–Crippen MR) is 87.9 cm³/mol. The van der Waals surface area contributed by atoms with Gasteiger partial charge in [0.1, 0.15) is 5.82 Å². The smallest absolute Gasteiger partial charge is 0.194 e. The largest absolute Gasteiger partial charge is 0.385 e. The van der Waals surface area contributed by atoms with Crippen LogP contribution >= 0.6 is 0 Å². The van der Waals surface area contributed by atoms with Gasteiger partial charge in [-0.15, -0.1) is 0 Å². The van der Waals surface area contributed by atoms with Crippen LogP contribution in [0.25, 0.3) is 11.1 Å². The SMILES string of the molecule is CCC1CCC(O)(c2ccc(-c3cc(F)c(F)c(F)c3)c(F)c2)CC1. The summed E-state index contributed by atoms with van der Waals surface area (Å²) in [5.74, 6) is -4.43. The van der Waals surface area contributed by atoms with Crippen molar-refractivity contribution in [2.45, 2.75) is 44.6 Å². The summed E-state index contributed by atoms with van der Waals surface area (Å²) in [6.45, 7) is 2.12. The van der Waals surface area contributed by atoms with E-state index in [4.69, 9.17) is 0 Å². The topological polar surface area (TPSA) is 20.2 Å². The summed E-state index contributed by atoms with van der Waals surface area (Å²) < 4.78 is 54.3. The zero-order valence-electron chi connectivity index (χ0n) is 14.0. The first-order valence-corrected chi connectivity index (χ1v) is 8.51. The molecule has 1 aliphatic rings. The van der Waals surface area contributed by atoms with Gasteiger partial charge in [-0.2, -0.15) is 0 Å². The van der Waals surface area contributed by atoms with Crippen molar-refractivity contribution >= 4 is 0 Å².